The highest BCUT2D eigenvalue weighted by molar-refractivity contribution is 5.91. The molecule has 1 amide bonds. The van der Waals surface area contributed by atoms with Crippen LogP contribution in [-0.2, 0) is 4.74 Å². The molecule has 0 radical (unpaired) electrons. The molecule has 100 valence electrons. The van der Waals surface area contributed by atoms with E-state index in [1.165, 1.54) is 18.0 Å². The molecule has 1 aromatic heterocycles. The maximum Gasteiger partial charge on any atom is 0.433 e. The number of carbonyl (C=O) groups is 1. The summed E-state index contributed by atoms with van der Waals surface area (Å²) in [5, 5.41) is 18.9. The van der Waals surface area contributed by atoms with Crippen LogP contribution in [0.2, 0.25) is 0 Å². The first-order valence-corrected chi connectivity index (χ1v) is 5.24. The zero-order valence-corrected chi connectivity index (χ0v) is 9.87. The number of ether oxygens (including phenoxy) is 1. The summed E-state index contributed by atoms with van der Waals surface area (Å²) in [6.45, 7) is 0.690. The number of rotatable bonds is 7. The highest BCUT2D eigenvalue weighted by atomic mass is 16.6. The highest BCUT2D eigenvalue weighted by Gasteiger charge is 2.19. The lowest BCUT2D eigenvalue weighted by atomic mass is 10.4. The standard InChI is InChI=1S/C10H14N2O6/c1-11(4-6-17-7-5-13)10(14)8-2-3-9(18-8)12(15)16/h2-3,13H,4-7H2,1H3. The van der Waals surface area contributed by atoms with Gasteiger partial charge in [0.15, 0.2) is 5.76 Å². The third kappa shape index (κ3) is 3.82. The predicted molar refractivity (Wildman–Crippen MR) is 60.2 cm³/mol. The molecular formula is C10H14N2O6. The minimum Gasteiger partial charge on any atom is -0.395 e. The Morgan fingerprint density at radius 1 is 1.56 bits per heavy atom. The van der Waals surface area contributed by atoms with Gasteiger partial charge >= 0.3 is 5.88 Å². The summed E-state index contributed by atoms with van der Waals surface area (Å²) >= 11 is 0. The van der Waals surface area contributed by atoms with Crippen LogP contribution in [0.1, 0.15) is 10.6 Å². The molecule has 1 aromatic rings. The highest BCUT2D eigenvalue weighted by Crippen LogP contribution is 2.16. The maximum atomic E-state index is 11.7. The molecule has 0 spiro atoms. The van der Waals surface area contributed by atoms with Crippen molar-refractivity contribution >= 4 is 11.8 Å². The van der Waals surface area contributed by atoms with Gasteiger partial charge in [-0.05, 0) is 6.07 Å². The van der Waals surface area contributed by atoms with Crippen LogP contribution in [0, 0.1) is 10.1 Å². The van der Waals surface area contributed by atoms with E-state index in [9.17, 15) is 14.9 Å². The van der Waals surface area contributed by atoms with E-state index < -0.39 is 16.7 Å². The molecule has 1 rings (SSSR count). The number of likely N-dealkylation sites (N-methyl/N-ethyl adjacent to an activating group) is 1. The lowest BCUT2D eigenvalue weighted by Crippen LogP contribution is -2.30. The fourth-order valence-electron chi connectivity index (χ4n) is 1.20. The number of nitrogens with zero attached hydrogens (tertiary/aromatic N) is 2. The second kappa shape index (κ2) is 6.72. The van der Waals surface area contributed by atoms with Gasteiger partial charge < -0.3 is 19.2 Å². The number of furan rings is 1. The molecule has 0 aliphatic heterocycles. The average molecular weight is 258 g/mol. The SMILES string of the molecule is CN(CCOCCO)C(=O)c1ccc([N+](=O)[O-])o1. The Labute approximate surface area is 103 Å². The largest absolute Gasteiger partial charge is 0.433 e. The van der Waals surface area contributed by atoms with Crippen LogP contribution in [0.3, 0.4) is 0 Å². The number of carbonyl (C=O) groups excluding carboxylic acids is 1. The van der Waals surface area contributed by atoms with Crippen LogP contribution in [-0.4, -0.2) is 54.3 Å². The van der Waals surface area contributed by atoms with Crippen LogP contribution in [0.15, 0.2) is 16.5 Å². The fraction of sp³-hybridized carbons (Fsp3) is 0.500. The fourth-order valence-corrected chi connectivity index (χ4v) is 1.20. The van der Waals surface area contributed by atoms with E-state index in [1.54, 1.807) is 0 Å². The summed E-state index contributed by atoms with van der Waals surface area (Å²) in [4.78, 5) is 22.8. The second-order valence-corrected chi connectivity index (χ2v) is 3.46. The number of hydrogen-bond donors (Lipinski definition) is 1. The topological polar surface area (TPSA) is 106 Å². The van der Waals surface area contributed by atoms with Gasteiger partial charge in [-0.1, -0.05) is 0 Å². The van der Waals surface area contributed by atoms with Gasteiger partial charge in [-0.25, -0.2) is 0 Å². The smallest absolute Gasteiger partial charge is 0.395 e. The lowest BCUT2D eigenvalue weighted by molar-refractivity contribution is -0.402. The molecule has 0 saturated carbocycles. The monoisotopic (exact) mass is 258 g/mol. The molecule has 0 aliphatic carbocycles. The molecule has 1 N–H and O–H groups in total. The summed E-state index contributed by atoms with van der Waals surface area (Å²) < 4.78 is 9.78. The van der Waals surface area contributed by atoms with E-state index in [4.69, 9.17) is 14.3 Å². The summed E-state index contributed by atoms with van der Waals surface area (Å²) in [6, 6.07) is 2.38. The van der Waals surface area contributed by atoms with Crippen molar-refractivity contribution in [1.29, 1.82) is 0 Å². The Morgan fingerprint density at radius 2 is 2.28 bits per heavy atom. The molecule has 1 heterocycles. The van der Waals surface area contributed by atoms with Crippen molar-refractivity contribution in [3.8, 4) is 0 Å². The molecule has 0 aliphatic rings. The van der Waals surface area contributed by atoms with Crippen LogP contribution >= 0.6 is 0 Å². The molecule has 8 heteroatoms. The molecule has 0 atom stereocenters. The van der Waals surface area contributed by atoms with Gasteiger partial charge in [0.2, 0.25) is 0 Å². The normalized spacial score (nSPS) is 10.3. The zero-order valence-electron chi connectivity index (χ0n) is 9.87. The van der Waals surface area contributed by atoms with Crippen molar-refractivity contribution in [3.63, 3.8) is 0 Å². The van der Waals surface area contributed by atoms with Crippen molar-refractivity contribution in [3.05, 3.63) is 28.0 Å². The third-order valence-electron chi connectivity index (χ3n) is 2.14. The lowest BCUT2D eigenvalue weighted by Gasteiger charge is -2.15. The van der Waals surface area contributed by atoms with Gasteiger partial charge in [-0.3, -0.25) is 14.9 Å². The van der Waals surface area contributed by atoms with Gasteiger partial charge in [-0.2, -0.15) is 0 Å². The van der Waals surface area contributed by atoms with E-state index in [1.807, 2.05) is 0 Å². The first-order valence-electron chi connectivity index (χ1n) is 5.24. The van der Waals surface area contributed by atoms with Crippen molar-refractivity contribution < 1.29 is 24.0 Å². The maximum absolute atomic E-state index is 11.7. The third-order valence-corrected chi connectivity index (χ3v) is 2.14. The van der Waals surface area contributed by atoms with Gasteiger partial charge in [0.1, 0.15) is 4.92 Å². The van der Waals surface area contributed by atoms with Gasteiger partial charge in [0.05, 0.1) is 25.9 Å². The Hall–Kier alpha value is -1.93. The molecule has 0 unspecified atom stereocenters. The number of amides is 1. The van der Waals surface area contributed by atoms with E-state index in [0.717, 1.165) is 6.07 Å². The predicted octanol–water partition coefficient (Wildman–Crippen LogP) is 0.269. The Balaban J connectivity index is 2.49. The quantitative estimate of drug-likeness (QED) is 0.427. The van der Waals surface area contributed by atoms with E-state index >= 15 is 0 Å². The minimum absolute atomic E-state index is 0.0813. The van der Waals surface area contributed by atoms with Gasteiger partial charge in [0, 0.05) is 13.6 Å². The molecule has 18 heavy (non-hydrogen) atoms. The molecule has 8 nitrogen and oxygen atoms in total. The molecule has 0 fully saturated rings. The first kappa shape index (κ1) is 14.1. The Kier molecular flexibility index (Phi) is 5.28. The Morgan fingerprint density at radius 3 is 2.83 bits per heavy atom. The zero-order chi connectivity index (χ0) is 13.5. The van der Waals surface area contributed by atoms with Crippen molar-refractivity contribution in [2.45, 2.75) is 0 Å². The van der Waals surface area contributed by atoms with Crippen LogP contribution in [0.25, 0.3) is 0 Å². The van der Waals surface area contributed by atoms with Gasteiger partial charge in [-0.15, -0.1) is 0 Å². The molecule has 0 bridgehead atoms. The van der Waals surface area contributed by atoms with Gasteiger partial charge in [0.25, 0.3) is 5.91 Å². The second-order valence-electron chi connectivity index (χ2n) is 3.46. The molecule has 0 saturated heterocycles. The molecule has 0 aromatic carbocycles. The van der Waals surface area contributed by atoms with Crippen molar-refractivity contribution in [2.24, 2.45) is 0 Å². The minimum atomic E-state index is -0.707. The molecular weight excluding hydrogens is 244 g/mol. The number of aliphatic hydroxyl groups is 1. The first-order chi connectivity index (χ1) is 8.56. The average Bonchev–Trinajstić information content (AvgIpc) is 2.83. The number of nitro groups is 1. The van der Waals surface area contributed by atoms with Crippen LogP contribution in [0.5, 0.6) is 0 Å². The van der Waals surface area contributed by atoms with Crippen molar-refractivity contribution in [1.82, 2.24) is 4.90 Å². The summed E-state index contributed by atoms with van der Waals surface area (Å²) in [5.41, 5.74) is 0. The summed E-state index contributed by atoms with van der Waals surface area (Å²) in [7, 11) is 1.53. The van der Waals surface area contributed by atoms with E-state index in [0.29, 0.717) is 6.54 Å². The summed E-state index contributed by atoms with van der Waals surface area (Å²) in [5.74, 6) is -1.02. The Bertz CT molecular complexity index is 416. The van der Waals surface area contributed by atoms with Crippen LogP contribution in [0.4, 0.5) is 5.88 Å². The van der Waals surface area contributed by atoms with E-state index in [2.05, 4.69) is 0 Å². The summed E-state index contributed by atoms with van der Waals surface area (Å²) in [6.07, 6.45) is 0. The van der Waals surface area contributed by atoms with Crippen LogP contribution < -0.4 is 0 Å². The van der Waals surface area contributed by atoms with Crippen molar-refractivity contribution in [2.75, 3.05) is 33.4 Å². The number of aliphatic hydroxyl groups excluding tert-OH is 1. The van der Waals surface area contributed by atoms with E-state index in [-0.39, 0.29) is 25.6 Å². The number of hydrogen-bond acceptors (Lipinski definition) is 6.